The smallest absolute Gasteiger partial charge is 0.227 e. The number of rotatable bonds is 28. The van der Waals surface area contributed by atoms with Crippen molar-refractivity contribution in [2.75, 3.05) is 64.7 Å². The second kappa shape index (κ2) is 23.2. The Morgan fingerprint density at radius 1 is 0.808 bits per heavy atom. The number of nitrogens with zero attached hydrogens (tertiary/aromatic N) is 3. The van der Waals surface area contributed by atoms with E-state index in [0.29, 0.717) is 30.7 Å². The molecule has 2 atom stereocenters. The molecule has 0 fully saturated rings. The van der Waals surface area contributed by atoms with Gasteiger partial charge < -0.3 is 63.6 Å². The number of carboxylic acid groups (broad SMARTS) is 3. The molecule has 0 radical (unpaired) electrons. The van der Waals surface area contributed by atoms with Crippen LogP contribution in [-0.2, 0) is 43.0 Å². The van der Waals surface area contributed by atoms with Crippen LogP contribution in [0, 0.1) is 5.92 Å². The van der Waals surface area contributed by atoms with E-state index in [4.69, 9.17) is 14.2 Å². The van der Waals surface area contributed by atoms with Crippen molar-refractivity contribution in [1.82, 2.24) is 14.7 Å². The van der Waals surface area contributed by atoms with Crippen LogP contribution in [0.25, 0.3) is 11.1 Å². The van der Waals surface area contributed by atoms with Crippen LogP contribution in [0.3, 0.4) is 0 Å². The summed E-state index contributed by atoms with van der Waals surface area (Å²) in [6, 6.07) is 13.2. The quantitative estimate of drug-likeness (QED) is 0.0715. The van der Waals surface area contributed by atoms with Crippen LogP contribution in [0.5, 0.6) is 5.75 Å². The lowest BCUT2D eigenvalue weighted by Crippen LogP contribution is -2.53. The Hall–Kier alpha value is -5.39. The van der Waals surface area contributed by atoms with E-state index in [1.165, 1.54) is 29.7 Å². The Balaban J connectivity index is 2.25. The molecule has 0 aliphatic rings. The summed E-state index contributed by atoms with van der Waals surface area (Å²) in [6.07, 6.45) is 1.58. The second-order valence-electron chi connectivity index (χ2n) is 11.9. The Morgan fingerprint density at radius 2 is 1.37 bits per heavy atom. The highest BCUT2D eigenvalue weighted by molar-refractivity contribution is 5.96. The van der Waals surface area contributed by atoms with Crippen LogP contribution in [0.4, 0.5) is 5.69 Å². The van der Waals surface area contributed by atoms with Gasteiger partial charge in [0.15, 0.2) is 0 Å². The van der Waals surface area contributed by atoms with Gasteiger partial charge in [0.05, 0.1) is 23.9 Å². The van der Waals surface area contributed by atoms with Gasteiger partial charge in [0.25, 0.3) is 0 Å². The zero-order valence-electron chi connectivity index (χ0n) is 28.9. The van der Waals surface area contributed by atoms with Crippen LogP contribution in [0.2, 0.25) is 0 Å². The number of carbonyl (C=O) groups is 5. The Morgan fingerprint density at radius 3 is 1.92 bits per heavy atom. The zero-order chi connectivity index (χ0) is 38.5. The first-order chi connectivity index (χ1) is 24.8. The molecule has 0 heterocycles. The van der Waals surface area contributed by atoms with Gasteiger partial charge in [0.1, 0.15) is 31.6 Å². The van der Waals surface area contributed by atoms with Gasteiger partial charge in [-0.1, -0.05) is 50.2 Å². The van der Waals surface area contributed by atoms with Gasteiger partial charge in [-0.3, -0.25) is 14.6 Å². The largest absolute Gasteiger partial charge is 0.642 e. The lowest BCUT2D eigenvalue weighted by molar-refractivity contribution is -0.311. The maximum absolute atomic E-state index is 12.9. The molecule has 0 bridgehead atoms. The third-order valence-corrected chi connectivity index (χ3v) is 7.76. The Kier molecular flexibility index (Phi) is 19.0. The van der Waals surface area contributed by atoms with E-state index in [1.54, 1.807) is 43.3 Å². The number of carboxylic acids is 3. The zero-order valence-corrected chi connectivity index (χ0v) is 28.9. The third kappa shape index (κ3) is 16.5. The number of Topliss-reactive ketones (excluding diaryl/α,β-unsaturated/α-hetero) is 1. The molecule has 0 saturated carbocycles. The Labute approximate surface area is 301 Å². The number of benzene rings is 2. The number of para-hydroxylation sites is 1. The van der Waals surface area contributed by atoms with E-state index in [-0.39, 0.29) is 43.8 Å². The molecule has 0 aliphatic heterocycles. The second-order valence-corrected chi connectivity index (χ2v) is 11.9. The van der Waals surface area contributed by atoms with Crippen molar-refractivity contribution in [3.8, 4) is 16.9 Å². The molecule has 2 rings (SSSR count). The fourth-order valence-electron chi connectivity index (χ4n) is 5.13. The number of hydrogen-bond donors (Lipinski definition) is 1. The summed E-state index contributed by atoms with van der Waals surface area (Å²) in [6.45, 7) is 1.96. The molecule has 0 saturated heterocycles. The van der Waals surface area contributed by atoms with Gasteiger partial charge in [0.2, 0.25) is 5.91 Å². The first kappa shape index (κ1) is 42.8. The maximum atomic E-state index is 12.9. The van der Waals surface area contributed by atoms with E-state index in [9.17, 15) is 48.9 Å². The van der Waals surface area contributed by atoms with E-state index < -0.39 is 57.0 Å². The van der Waals surface area contributed by atoms with Crippen molar-refractivity contribution < 1.29 is 63.1 Å². The average Bonchev–Trinajstić information content (AvgIpc) is 3.08. The summed E-state index contributed by atoms with van der Waals surface area (Å²) in [5.41, 5.74) is 2.06. The van der Waals surface area contributed by atoms with Crippen molar-refractivity contribution in [3.05, 3.63) is 48.5 Å². The molecule has 1 N–H and O–H groups in total. The van der Waals surface area contributed by atoms with Gasteiger partial charge in [-0.25, -0.2) is 4.90 Å². The number of amides is 1. The van der Waals surface area contributed by atoms with Gasteiger partial charge in [-0.15, -0.1) is 0 Å². The minimum absolute atomic E-state index is 0.0688. The Bertz CT molecular complexity index is 1460. The first-order valence-corrected chi connectivity index (χ1v) is 16.2. The van der Waals surface area contributed by atoms with E-state index in [0.717, 1.165) is 16.0 Å². The van der Waals surface area contributed by atoms with Crippen LogP contribution in [-0.4, -0.2) is 123 Å². The summed E-state index contributed by atoms with van der Waals surface area (Å²) in [4.78, 5) is 83.3. The summed E-state index contributed by atoms with van der Waals surface area (Å²) >= 11 is 0. The number of ketones is 1. The first-order valence-electron chi connectivity index (χ1n) is 16.2. The van der Waals surface area contributed by atoms with Crippen molar-refractivity contribution in [1.29, 1.82) is 0 Å². The van der Waals surface area contributed by atoms with Crippen molar-refractivity contribution >= 4 is 48.2 Å². The molecule has 17 nitrogen and oxygen atoms in total. The van der Waals surface area contributed by atoms with Crippen LogP contribution >= 0.6 is 0 Å². The maximum Gasteiger partial charge on any atom is 0.227 e. The monoisotopic (exact) mass is 725 g/mol. The highest BCUT2D eigenvalue weighted by Gasteiger charge is 2.23. The molecule has 17 heteroatoms. The number of aliphatic carboxylic acids is 3. The molecular formula is C35H41N4O13-5. The molecule has 0 aliphatic carbocycles. The minimum Gasteiger partial charge on any atom is -0.642 e. The molecule has 2 aromatic carbocycles. The van der Waals surface area contributed by atoms with Gasteiger partial charge in [-0.2, -0.15) is 0 Å². The fraction of sp³-hybridized carbons (Fsp3) is 0.457. The molecule has 52 heavy (non-hydrogen) atoms. The SMILES string of the molecule is CC(=O)CCCC(C)C(=O)Nc1ccccc1-c1ccc(OCC(CN(CCN(CC(=O)[O-])CC(=O)[O-])CC(=O)[O-])N(CO[C-]=O)CO[C-]=O)cc1. The standard InChI is InChI=1S/C35H44N4O13/c1-25(6-5-7-26(2)42)35(49)36-31-9-4-3-8-30(31)27-10-12-29(13-11-27)52-20-28(39(21-50-23-40)22-51-24-41)16-37(17-32(43)44)14-15-38(18-33(45)46)19-34(47)48/h3-4,8-13,25,28H,5-7,14-22H2,1-2H3,(H,36,49)(H,43,44)(H,45,46)(H,47,48)/q-2/p-3. The highest BCUT2D eigenvalue weighted by Crippen LogP contribution is 2.30. The third-order valence-electron chi connectivity index (χ3n) is 7.76. The lowest BCUT2D eigenvalue weighted by atomic mass is 10.0. The van der Waals surface area contributed by atoms with Crippen LogP contribution in [0.1, 0.15) is 33.1 Å². The lowest BCUT2D eigenvalue weighted by Gasteiger charge is -2.37. The fourth-order valence-corrected chi connectivity index (χ4v) is 5.13. The van der Waals surface area contributed by atoms with E-state index in [1.807, 2.05) is 12.1 Å². The predicted octanol–water partition coefficient (Wildman–Crippen LogP) is -2.33. The van der Waals surface area contributed by atoms with Crippen LogP contribution in [0.15, 0.2) is 48.5 Å². The minimum atomic E-state index is -1.55. The number of ether oxygens (including phenoxy) is 3. The summed E-state index contributed by atoms with van der Waals surface area (Å²) in [5.74, 6) is -4.67. The highest BCUT2D eigenvalue weighted by atomic mass is 16.6. The normalized spacial score (nSPS) is 12.2. The van der Waals surface area contributed by atoms with E-state index >= 15 is 0 Å². The molecule has 284 valence electrons. The average molecular weight is 726 g/mol. The van der Waals surface area contributed by atoms with Gasteiger partial charge in [-0.05, 0) is 43.5 Å². The van der Waals surface area contributed by atoms with Crippen LogP contribution < -0.4 is 25.4 Å². The molecular weight excluding hydrogens is 684 g/mol. The number of nitrogens with one attached hydrogen (secondary N) is 1. The number of hydrogen-bond acceptors (Lipinski definition) is 16. The summed E-state index contributed by atoms with van der Waals surface area (Å²) in [7, 11) is 0. The molecule has 2 unspecified atom stereocenters. The van der Waals surface area contributed by atoms with Gasteiger partial charge in [0, 0.05) is 62.9 Å². The summed E-state index contributed by atoms with van der Waals surface area (Å²) < 4.78 is 15.5. The number of anilines is 1. The van der Waals surface area contributed by atoms with Crippen molar-refractivity contribution in [2.24, 2.45) is 5.92 Å². The molecule has 2 aromatic rings. The molecule has 0 spiro atoms. The predicted molar refractivity (Wildman–Crippen MR) is 177 cm³/mol. The van der Waals surface area contributed by atoms with Gasteiger partial charge >= 0.3 is 0 Å². The number of carbonyl (C=O) groups excluding carboxylic acids is 7. The topological polar surface area (TPSA) is 238 Å². The molecule has 1 amide bonds. The van der Waals surface area contributed by atoms with Crippen molar-refractivity contribution in [2.45, 2.75) is 39.2 Å². The molecule has 0 aromatic heterocycles. The van der Waals surface area contributed by atoms with Crippen molar-refractivity contribution in [3.63, 3.8) is 0 Å². The van der Waals surface area contributed by atoms with E-state index in [2.05, 4.69) is 5.32 Å². The summed E-state index contributed by atoms with van der Waals surface area (Å²) in [5, 5.41) is 36.8.